The molecule has 48 heavy (non-hydrogen) atoms. The molecule has 0 nitrogen and oxygen atoms in total. The van der Waals surface area contributed by atoms with Gasteiger partial charge < -0.3 is 0 Å². The van der Waals surface area contributed by atoms with Crippen molar-refractivity contribution >= 4 is 21.5 Å². The van der Waals surface area contributed by atoms with E-state index in [0.29, 0.717) is 0 Å². The van der Waals surface area contributed by atoms with E-state index in [9.17, 15) is 0 Å². The maximum absolute atomic E-state index is 2.60. The Morgan fingerprint density at radius 3 is 1.85 bits per heavy atom. The van der Waals surface area contributed by atoms with Crippen molar-refractivity contribution in [1.29, 1.82) is 0 Å². The van der Waals surface area contributed by atoms with Gasteiger partial charge in [0.15, 0.2) is 0 Å². The lowest BCUT2D eigenvalue weighted by Gasteiger charge is -2.36. The van der Waals surface area contributed by atoms with Crippen LogP contribution in [0.1, 0.15) is 73.8 Å². The van der Waals surface area contributed by atoms with Crippen molar-refractivity contribution in [2.75, 3.05) is 0 Å². The van der Waals surface area contributed by atoms with Gasteiger partial charge >= 0.3 is 0 Å². The molecule has 1 fully saturated rings. The summed E-state index contributed by atoms with van der Waals surface area (Å²) in [7, 11) is 0. The summed E-state index contributed by atoms with van der Waals surface area (Å²) in [6.45, 7) is 7.01. The molecule has 1 saturated carbocycles. The molecule has 0 heterocycles. The fourth-order valence-electron chi connectivity index (χ4n) is 10.2. The summed E-state index contributed by atoms with van der Waals surface area (Å²) in [6, 6.07) is 49.1. The van der Waals surface area contributed by atoms with E-state index < -0.39 is 0 Å². The normalized spacial score (nSPS) is 16.6. The number of rotatable bonds is 2. The van der Waals surface area contributed by atoms with Gasteiger partial charge in [0.25, 0.3) is 0 Å². The first-order valence-electron chi connectivity index (χ1n) is 17.9. The lowest BCUT2D eigenvalue weighted by Crippen LogP contribution is -2.28. The summed E-state index contributed by atoms with van der Waals surface area (Å²) in [4.78, 5) is 0. The lowest BCUT2D eigenvalue weighted by molar-refractivity contribution is 0.353. The van der Waals surface area contributed by atoms with E-state index in [-0.39, 0.29) is 10.8 Å². The molecule has 0 amide bonds. The molecule has 0 aromatic heterocycles. The number of aryl methyl sites for hydroxylation is 1. The predicted molar refractivity (Wildman–Crippen MR) is 204 cm³/mol. The van der Waals surface area contributed by atoms with E-state index in [0.717, 1.165) is 0 Å². The van der Waals surface area contributed by atoms with Crippen LogP contribution in [0.25, 0.3) is 66.1 Å². The first-order chi connectivity index (χ1) is 23.5. The van der Waals surface area contributed by atoms with Gasteiger partial charge in [-0.3, -0.25) is 0 Å². The monoisotopic (exact) mass is 616 g/mol. The first-order valence-corrected chi connectivity index (χ1v) is 17.9. The van der Waals surface area contributed by atoms with E-state index in [2.05, 4.69) is 148 Å². The molecule has 0 radical (unpaired) electrons. The second-order valence-corrected chi connectivity index (χ2v) is 15.2. The second kappa shape index (κ2) is 10.0. The van der Waals surface area contributed by atoms with Crippen molar-refractivity contribution in [3.63, 3.8) is 0 Å². The zero-order valence-corrected chi connectivity index (χ0v) is 28.2. The minimum Gasteiger partial charge on any atom is -0.0619 e. The smallest absolute Gasteiger partial charge is 0.0215 e. The van der Waals surface area contributed by atoms with Gasteiger partial charge in [-0.15, -0.1) is 0 Å². The Balaban J connectivity index is 1.29. The largest absolute Gasteiger partial charge is 0.0619 e. The molecule has 1 spiro atoms. The summed E-state index contributed by atoms with van der Waals surface area (Å²) in [6.07, 6.45) is 6.45. The highest BCUT2D eigenvalue weighted by Gasteiger charge is 2.44. The van der Waals surface area contributed by atoms with Crippen LogP contribution in [0.4, 0.5) is 0 Å². The van der Waals surface area contributed by atoms with Crippen molar-refractivity contribution in [3.8, 4) is 44.5 Å². The van der Waals surface area contributed by atoms with E-state index in [1.807, 2.05) is 0 Å². The van der Waals surface area contributed by atoms with Crippen molar-refractivity contribution in [2.24, 2.45) is 0 Å². The maximum atomic E-state index is 2.60. The van der Waals surface area contributed by atoms with Gasteiger partial charge in [-0.2, -0.15) is 0 Å². The Morgan fingerprint density at radius 1 is 0.417 bits per heavy atom. The third-order valence-corrected chi connectivity index (χ3v) is 12.3. The zero-order chi connectivity index (χ0) is 32.2. The van der Waals surface area contributed by atoms with E-state index >= 15 is 0 Å². The number of hydrogen-bond acceptors (Lipinski definition) is 0. The maximum Gasteiger partial charge on any atom is 0.0215 e. The van der Waals surface area contributed by atoms with E-state index in [1.54, 1.807) is 11.1 Å². The number of fused-ring (bicyclic) bond motifs is 10. The van der Waals surface area contributed by atoms with Gasteiger partial charge in [0.1, 0.15) is 0 Å². The summed E-state index contributed by atoms with van der Waals surface area (Å²) in [5, 5.41) is 5.35. The molecule has 0 saturated heterocycles. The van der Waals surface area contributed by atoms with Crippen molar-refractivity contribution in [2.45, 2.75) is 63.7 Å². The van der Waals surface area contributed by atoms with Crippen molar-refractivity contribution in [1.82, 2.24) is 0 Å². The third kappa shape index (κ3) is 3.67. The molecular formula is C48H40. The topological polar surface area (TPSA) is 0 Å². The van der Waals surface area contributed by atoms with Crippen LogP contribution in [0.3, 0.4) is 0 Å². The highest BCUT2D eigenvalue weighted by molar-refractivity contribution is 6.23. The molecule has 0 bridgehead atoms. The Morgan fingerprint density at radius 2 is 1.04 bits per heavy atom. The van der Waals surface area contributed by atoms with Crippen LogP contribution in [0.2, 0.25) is 0 Å². The third-order valence-electron chi connectivity index (χ3n) is 12.3. The minimum absolute atomic E-state index is 0.0412. The fraction of sp³-hybridized carbons (Fsp3) is 0.208. The molecule has 3 aliphatic rings. The standard InChI is InChI=1S/C48H40/c1-30-22-24-36-39(28-30)45(38-18-13-21-42-46(38)37-17-8-9-19-40(37)47(42,2)3)35-16-6-5-15-34(35)44(36)31-23-25-33-32-14-7-10-20-41(32)48(43(33)29-31)26-11-4-12-27-48/h5-10,13-25,28-29H,4,11-12,26-27H2,1-3H3. The molecule has 0 atom stereocenters. The molecule has 232 valence electrons. The average molecular weight is 617 g/mol. The lowest BCUT2D eigenvalue weighted by atomic mass is 9.67. The van der Waals surface area contributed by atoms with Gasteiger partial charge in [-0.1, -0.05) is 160 Å². The molecule has 0 unspecified atom stereocenters. The molecule has 7 aromatic rings. The van der Waals surface area contributed by atoms with Gasteiger partial charge in [-0.25, -0.2) is 0 Å². The SMILES string of the molecule is Cc1ccc2c(-c3ccc4c(c3)C3(CCCCC3)c3ccccc3-4)c3ccccc3c(-c3cccc4c3-c3ccccc3C4(C)C)c2c1. The zero-order valence-electron chi connectivity index (χ0n) is 28.2. The van der Waals surface area contributed by atoms with Crippen LogP contribution in [-0.2, 0) is 10.8 Å². The van der Waals surface area contributed by atoms with Crippen LogP contribution in [0, 0.1) is 6.92 Å². The summed E-state index contributed by atoms with van der Waals surface area (Å²) < 4.78 is 0. The predicted octanol–water partition coefficient (Wildman–Crippen LogP) is 13.2. The minimum atomic E-state index is -0.0412. The van der Waals surface area contributed by atoms with Gasteiger partial charge in [0.05, 0.1) is 0 Å². The Bertz CT molecular complexity index is 2460. The van der Waals surface area contributed by atoms with Gasteiger partial charge in [0, 0.05) is 10.8 Å². The quantitative estimate of drug-likeness (QED) is 0.170. The van der Waals surface area contributed by atoms with E-state index in [1.165, 1.54) is 115 Å². The molecule has 0 heteroatoms. The van der Waals surface area contributed by atoms with Gasteiger partial charge in [-0.05, 0) is 114 Å². The summed E-state index contributed by atoms with van der Waals surface area (Å²) in [5.74, 6) is 0. The Kier molecular flexibility index (Phi) is 5.88. The summed E-state index contributed by atoms with van der Waals surface area (Å²) >= 11 is 0. The van der Waals surface area contributed by atoms with Gasteiger partial charge in [0.2, 0.25) is 0 Å². The second-order valence-electron chi connectivity index (χ2n) is 15.2. The van der Waals surface area contributed by atoms with Crippen LogP contribution in [0.5, 0.6) is 0 Å². The van der Waals surface area contributed by atoms with Crippen LogP contribution >= 0.6 is 0 Å². The van der Waals surface area contributed by atoms with Crippen molar-refractivity contribution < 1.29 is 0 Å². The average Bonchev–Trinajstić information content (AvgIpc) is 3.52. The Labute approximate surface area is 284 Å². The molecule has 7 aromatic carbocycles. The van der Waals surface area contributed by atoms with Crippen LogP contribution < -0.4 is 0 Å². The number of benzene rings is 7. The van der Waals surface area contributed by atoms with Crippen molar-refractivity contribution in [3.05, 3.63) is 155 Å². The number of hydrogen-bond donors (Lipinski definition) is 0. The molecule has 10 rings (SSSR count). The molecule has 0 aliphatic heterocycles. The fourth-order valence-corrected chi connectivity index (χ4v) is 10.2. The summed E-state index contributed by atoms with van der Waals surface area (Å²) in [5.41, 5.74) is 18.4. The molecule has 3 aliphatic carbocycles. The highest BCUT2D eigenvalue weighted by atomic mass is 14.5. The first kappa shape index (κ1) is 28.1. The van der Waals surface area contributed by atoms with E-state index in [4.69, 9.17) is 0 Å². The molecular weight excluding hydrogens is 577 g/mol. The van der Waals surface area contributed by atoms with Crippen LogP contribution in [-0.4, -0.2) is 0 Å². The van der Waals surface area contributed by atoms with Crippen LogP contribution in [0.15, 0.2) is 127 Å². The Hall–Kier alpha value is -4.94. The molecule has 0 N–H and O–H groups in total. The highest BCUT2D eigenvalue weighted by Crippen LogP contribution is 2.58.